The summed E-state index contributed by atoms with van der Waals surface area (Å²) in [5.74, 6) is 0.396. The van der Waals surface area contributed by atoms with E-state index in [0.29, 0.717) is 40.5 Å². The molecule has 0 spiro atoms. The summed E-state index contributed by atoms with van der Waals surface area (Å²) in [5, 5.41) is 22.9. The highest BCUT2D eigenvalue weighted by Crippen LogP contribution is 2.33. The Morgan fingerprint density at radius 3 is 2.66 bits per heavy atom. The van der Waals surface area contributed by atoms with Crippen LogP contribution in [0.25, 0.3) is 22.4 Å². The van der Waals surface area contributed by atoms with Gasteiger partial charge in [0.05, 0.1) is 11.2 Å². The maximum Gasteiger partial charge on any atom is 0.419 e. The molecule has 29 heavy (non-hydrogen) atoms. The molecule has 2 aliphatic rings. The van der Waals surface area contributed by atoms with Crippen LogP contribution in [0, 0.1) is 0 Å². The van der Waals surface area contributed by atoms with E-state index in [9.17, 15) is 9.90 Å². The van der Waals surface area contributed by atoms with Crippen LogP contribution in [-0.4, -0.2) is 45.0 Å². The normalized spacial score (nSPS) is 24.0. The van der Waals surface area contributed by atoms with Gasteiger partial charge in [-0.3, -0.25) is 4.57 Å². The smallest absolute Gasteiger partial charge is 0.419 e. The van der Waals surface area contributed by atoms with Crippen LogP contribution in [-0.2, 0) is 7.05 Å². The first-order chi connectivity index (χ1) is 14.0. The Hall–Kier alpha value is -2.87. The quantitative estimate of drug-likeness (QED) is 0.703. The van der Waals surface area contributed by atoms with Crippen molar-refractivity contribution in [2.24, 2.45) is 7.05 Å². The van der Waals surface area contributed by atoms with Gasteiger partial charge in [0.25, 0.3) is 0 Å². The van der Waals surface area contributed by atoms with Crippen LogP contribution in [0.3, 0.4) is 0 Å². The van der Waals surface area contributed by atoms with Gasteiger partial charge in [-0.25, -0.2) is 4.79 Å². The lowest BCUT2D eigenvalue weighted by atomic mass is 9.83. The third kappa shape index (κ3) is 3.17. The molecule has 2 bridgehead atoms. The second-order valence-corrected chi connectivity index (χ2v) is 8.27. The van der Waals surface area contributed by atoms with Crippen molar-refractivity contribution in [1.82, 2.24) is 20.1 Å². The molecule has 8 nitrogen and oxygen atoms in total. The summed E-state index contributed by atoms with van der Waals surface area (Å²) in [7, 11) is 3.68. The lowest BCUT2D eigenvalue weighted by Crippen LogP contribution is -2.54. The summed E-state index contributed by atoms with van der Waals surface area (Å²) in [4.78, 5) is 13.9. The van der Waals surface area contributed by atoms with E-state index in [4.69, 9.17) is 4.42 Å². The molecular formula is C21H25N5O3. The summed E-state index contributed by atoms with van der Waals surface area (Å²) in [6.45, 7) is 0. The zero-order chi connectivity index (χ0) is 20.1. The Morgan fingerprint density at radius 1 is 1.21 bits per heavy atom. The van der Waals surface area contributed by atoms with Crippen molar-refractivity contribution in [3.05, 3.63) is 34.8 Å². The SMILES string of the molecule is CN(c1ccc(-c2cc3oc(=O)n(C)c3cc2O)nn1)C1CC2CCCC(C1)N2. The Bertz CT molecular complexity index is 1090. The average molecular weight is 395 g/mol. The number of nitrogens with one attached hydrogen (secondary N) is 1. The Morgan fingerprint density at radius 2 is 1.97 bits per heavy atom. The van der Waals surface area contributed by atoms with Gasteiger partial charge in [0.2, 0.25) is 0 Å². The molecule has 3 aromatic rings. The van der Waals surface area contributed by atoms with Crippen molar-refractivity contribution >= 4 is 16.9 Å². The Labute approximate surface area is 168 Å². The lowest BCUT2D eigenvalue weighted by Gasteiger charge is -2.43. The summed E-state index contributed by atoms with van der Waals surface area (Å²) in [6.07, 6.45) is 6.08. The van der Waals surface area contributed by atoms with Crippen molar-refractivity contribution in [2.45, 2.75) is 50.2 Å². The van der Waals surface area contributed by atoms with E-state index in [2.05, 4.69) is 27.5 Å². The zero-order valence-electron chi connectivity index (χ0n) is 16.6. The van der Waals surface area contributed by atoms with Gasteiger partial charge in [-0.15, -0.1) is 10.2 Å². The van der Waals surface area contributed by atoms with E-state index < -0.39 is 5.76 Å². The molecule has 5 rings (SSSR count). The van der Waals surface area contributed by atoms with Gasteiger partial charge in [0.15, 0.2) is 11.4 Å². The minimum Gasteiger partial charge on any atom is -0.507 e. The highest BCUT2D eigenvalue weighted by molar-refractivity contribution is 5.83. The number of rotatable bonds is 3. The van der Waals surface area contributed by atoms with Gasteiger partial charge < -0.3 is 19.7 Å². The molecule has 2 N–H and O–H groups in total. The summed E-state index contributed by atoms with van der Waals surface area (Å²) in [6, 6.07) is 8.60. The van der Waals surface area contributed by atoms with Crippen LogP contribution in [0.5, 0.6) is 5.75 Å². The van der Waals surface area contributed by atoms with E-state index >= 15 is 0 Å². The number of aromatic nitrogens is 3. The molecule has 2 aliphatic heterocycles. The maximum absolute atomic E-state index is 11.7. The molecule has 0 saturated carbocycles. The van der Waals surface area contributed by atoms with E-state index in [1.165, 1.54) is 29.9 Å². The number of benzene rings is 1. The predicted octanol–water partition coefficient (Wildman–Crippen LogP) is 2.40. The second kappa shape index (κ2) is 6.88. The van der Waals surface area contributed by atoms with Crippen molar-refractivity contribution in [1.29, 1.82) is 0 Å². The van der Waals surface area contributed by atoms with Gasteiger partial charge in [-0.1, -0.05) is 6.42 Å². The molecule has 2 aromatic heterocycles. The first-order valence-electron chi connectivity index (χ1n) is 10.1. The van der Waals surface area contributed by atoms with Crippen molar-refractivity contribution in [3.63, 3.8) is 0 Å². The van der Waals surface area contributed by atoms with Crippen LogP contribution in [0.4, 0.5) is 5.82 Å². The fourth-order valence-corrected chi connectivity index (χ4v) is 4.76. The van der Waals surface area contributed by atoms with Gasteiger partial charge >= 0.3 is 5.76 Å². The number of phenols is 1. The lowest BCUT2D eigenvalue weighted by molar-refractivity contribution is 0.219. The van der Waals surface area contributed by atoms with Crippen LogP contribution in [0.15, 0.2) is 33.5 Å². The molecule has 2 saturated heterocycles. The van der Waals surface area contributed by atoms with Crippen molar-refractivity contribution < 1.29 is 9.52 Å². The van der Waals surface area contributed by atoms with Crippen LogP contribution < -0.4 is 16.0 Å². The summed E-state index contributed by atoms with van der Waals surface area (Å²) in [5.41, 5.74) is 1.98. The zero-order valence-corrected chi connectivity index (χ0v) is 16.6. The minimum atomic E-state index is -0.466. The van der Waals surface area contributed by atoms with E-state index in [0.717, 1.165) is 18.7 Å². The summed E-state index contributed by atoms with van der Waals surface area (Å²) >= 11 is 0. The number of hydrogen-bond donors (Lipinski definition) is 2. The third-order valence-electron chi connectivity index (χ3n) is 6.44. The van der Waals surface area contributed by atoms with Crippen LogP contribution in [0.1, 0.15) is 32.1 Å². The van der Waals surface area contributed by atoms with E-state index in [1.807, 2.05) is 12.1 Å². The van der Waals surface area contributed by atoms with Crippen molar-refractivity contribution in [3.8, 4) is 17.0 Å². The molecule has 4 heterocycles. The number of hydrogen-bond acceptors (Lipinski definition) is 7. The number of aryl methyl sites for hydroxylation is 1. The Balaban J connectivity index is 1.41. The second-order valence-electron chi connectivity index (χ2n) is 8.27. The highest BCUT2D eigenvalue weighted by Gasteiger charge is 2.33. The van der Waals surface area contributed by atoms with Gasteiger partial charge in [0, 0.05) is 43.9 Å². The molecule has 0 aliphatic carbocycles. The third-order valence-corrected chi connectivity index (χ3v) is 6.44. The largest absolute Gasteiger partial charge is 0.507 e. The number of oxazole rings is 1. The number of piperidine rings is 2. The molecule has 0 radical (unpaired) electrons. The molecule has 0 amide bonds. The standard InChI is InChI=1S/C21H25N5O3/c1-25(14-8-12-4-3-5-13(9-14)22-12)20-7-6-16(23-24-20)15-10-19-17(11-18(15)27)26(2)21(28)29-19/h6-7,10-14,22,27H,3-5,8-9H2,1-2H3. The monoisotopic (exact) mass is 395 g/mol. The van der Waals surface area contributed by atoms with Crippen LogP contribution in [0.2, 0.25) is 0 Å². The number of nitrogens with zero attached hydrogens (tertiary/aromatic N) is 4. The number of fused-ring (bicyclic) bond motifs is 3. The first kappa shape index (κ1) is 18.2. The fourth-order valence-electron chi connectivity index (χ4n) is 4.76. The first-order valence-corrected chi connectivity index (χ1v) is 10.1. The molecular weight excluding hydrogens is 370 g/mol. The van der Waals surface area contributed by atoms with Gasteiger partial charge in [-0.2, -0.15) is 0 Å². The number of aromatic hydroxyl groups is 1. The van der Waals surface area contributed by atoms with E-state index in [-0.39, 0.29) is 5.75 Å². The van der Waals surface area contributed by atoms with Crippen LogP contribution >= 0.6 is 0 Å². The average Bonchev–Trinajstić information content (AvgIpc) is 3.00. The molecule has 152 valence electrons. The molecule has 1 aromatic carbocycles. The highest BCUT2D eigenvalue weighted by atomic mass is 16.4. The number of anilines is 1. The van der Waals surface area contributed by atoms with E-state index in [1.54, 1.807) is 13.1 Å². The maximum atomic E-state index is 11.7. The molecule has 2 atom stereocenters. The molecule has 2 fully saturated rings. The minimum absolute atomic E-state index is 0.0375. The molecule has 8 heteroatoms. The van der Waals surface area contributed by atoms with Gasteiger partial charge in [-0.05, 0) is 43.9 Å². The van der Waals surface area contributed by atoms with Crippen molar-refractivity contribution in [2.75, 3.05) is 11.9 Å². The van der Waals surface area contributed by atoms with Gasteiger partial charge in [0.1, 0.15) is 5.75 Å². The molecule has 2 unspecified atom stereocenters. The topological polar surface area (TPSA) is 96.4 Å². The number of phenolic OH excluding ortho intramolecular Hbond substituents is 1. The summed E-state index contributed by atoms with van der Waals surface area (Å²) < 4.78 is 6.59. The fraction of sp³-hybridized carbons (Fsp3) is 0.476. The predicted molar refractivity (Wildman–Crippen MR) is 110 cm³/mol. The Kier molecular flexibility index (Phi) is 4.31.